The summed E-state index contributed by atoms with van der Waals surface area (Å²) in [5.74, 6) is -0.417. The Balaban J connectivity index is 2.08. The maximum Gasteiger partial charge on any atom is 0.343 e. The molecule has 26 heavy (non-hydrogen) atoms. The first-order chi connectivity index (χ1) is 12.3. The van der Waals surface area contributed by atoms with Crippen molar-refractivity contribution in [3.63, 3.8) is 0 Å². The maximum atomic E-state index is 12.2. The second kappa shape index (κ2) is 8.65. The van der Waals surface area contributed by atoms with Crippen molar-refractivity contribution in [2.75, 3.05) is 11.1 Å². The maximum absolute atomic E-state index is 12.2. The summed E-state index contributed by atoms with van der Waals surface area (Å²) in [6.07, 6.45) is 1.76. The first-order valence-corrected chi connectivity index (χ1v) is 9.15. The Kier molecular flexibility index (Phi) is 6.56. The van der Waals surface area contributed by atoms with Crippen molar-refractivity contribution in [3.05, 3.63) is 43.9 Å². The normalized spacial score (nSPS) is 10.7. The lowest BCUT2D eigenvalue weighted by atomic mass is 10.1. The lowest BCUT2D eigenvalue weighted by Gasteiger charge is -2.09. The molecule has 1 amide bonds. The molecule has 0 fully saturated rings. The number of amides is 1. The Morgan fingerprint density at radius 3 is 2.73 bits per heavy atom. The molecular formula is C16H21N5O4S. The zero-order valence-corrected chi connectivity index (χ0v) is 15.7. The molecule has 0 atom stereocenters. The van der Waals surface area contributed by atoms with E-state index < -0.39 is 10.8 Å². The van der Waals surface area contributed by atoms with Crippen LogP contribution in [0.15, 0.2) is 22.1 Å². The molecule has 10 heteroatoms. The van der Waals surface area contributed by atoms with Crippen LogP contribution in [0.2, 0.25) is 0 Å². The molecule has 1 heterocycles. The van der Waals surface area contributed by atoms with Crippen molar-refractivity contribution in [1.29, 1.82) is 0 Å². The van der Waals surface area contributed by atoms with Crippen molar-refractivity contribution in [2.24, 2.45) is 0 Å². The summed E-state index contributed by atoms with van der Waals surface area (Å²) >= 11 is 1.11. The van der Waals surface area contributed by atoms with E-state index in [1.165, 1.54) is 10.6 Å². The highest BCUT2D eigenvalue weighted by atomic mass is 32.2. The predicted molar refractivity (Wildman–Crippen MR) is 99.7 cm³/mol. The fourth-order valence-corrected chi connectivity index (χ4v) is 3.07. The zero-order valence-electron chi connectivity index (χ0n) is 14.9. The van der Waals surface area contributed by atoms with Crippen LogP contribution in [0.1, 0.15) is 30.9 Å². The number of hydrogen-bond donors (Lipinski definition) is 2. The van der Waals surface area contributed by atoms with E-state index in [1.54, 1.807) is 13.0 Å². The number of rotatable bonds is 8. The molecule has 0 bridgehead atoms. The summed E-state index contributed by atoms with van der Waals surface area (Å²) < 4.78 is 1.49. The summed E-state index contributed by atoms with van der Waals surface area (Å²) in [6, 6.07) is 3.02. The van der Waals surface area contributed by atoms with Gasteiger partial charge < -0.3 is 5.32 Å². The van der Waals surface area contributed by atoms with Crippen molar-refractivity contribution >= 4 is 29.0 Å². The molecule has 1 aromatic carbocycles. The molecule has 0 aliphatic carbocycles. The molecule has 1 aromatic heterocycles. The summed E-state index contributed by atoms with van der Waals surface area (Å²) in [5, 5.41) is 20.5. The largest absolute Gasteiger partial charge is 0.343 e. The molecule has 0 aliphatic heterocycles. The molecule has 0 unspecified atom stereocenters. The number of aromatic nitrogens is 3. The number of nitrogens with one attached hydrogen (secondary N) is 2. The van der Waals surface area contributed by atoms with E-state index in [0.717, 1.165) is 35.7 Å². The third-order valence-electron chi connectivity index (χ3n) is 3.87. The van der Waals surface area contributed by atoms with Crippen LogP contribution >= 0.6 is 11.8 Å². The number of hydrogen-bond acceptors (Lipinski definition) is 6. The monoisotopic (exact) mass is 379 g/mol. The van der Waals surface area contributed by atoms with Crippen LogP contribution < -0.4 is 11.0 Å². The van der Waals surface area contributed by atoms with Gasteiger partial charge in [-0.25, -0.2) is 9.89 Å². The van der Waals surface area contributed by atoms with Gasteiger partial charge in [0.05, 0.1) is 10.7 Å². The topological polar surface area (TPSA) is 123 Å². The number of carbonyl (C=O) groups excluding carboxylic acids is 1. The number of nitrogens with zero attached hydrogens (tertiary/aromatic N) is 3. The van der Waals surface area contributed by atoms with E-state index in [0.29, 0.717) is 11.7 Å². The van der Waals surface area contributed by atoms with Crippen molar-refractivity contribution in [1.82, 2.24) is 14.8 Å². The van der Waals surface area contributed by atoms with Gasteiger partial charge in [-0.3, -0.25) is 19.5 Å². The standard InChI is InChI=1S/C16H21N5O4S/c1-4-5-6-20-15(23)18-19-16(20)26-9-14(22)17-12-7-10(2)11(3)8-13(12)21(24)25/h7-8H,4-6,9H2,1-3H3,(H,17,22)(H,18,23). The van der Waals surface area contributed by atoms with Crippen molar-refractivity contribution in [3.8, 4) is 0 Å². The van der Waals surface area contributed by atoms with Gasteiger partial charge in [0, 0.05) is 12.6 Å². The number of thioether (sulfide) groups is 1. The SMILES string of the molecule is CCCCn1c(SCC(=O)Nc2cc(C)c(C)cc2[N+](=O)[O-])n[nH]c1=O. The summed E-state index contributed by atoms with van der Waals surface area (Å²) in [7, 11) is 0. The molecule has 2 aromatic rings. The fourth-order valence-electron chi connectivity index (χ4n) is 2.30. The van der Waals surface area contributed by atoms with Crippen LogP contribution in [-0.2, 0) is 11.3 Å². The Bertz CT molecular complexity index is 874. The molecule has 0 spiro atoms. The third kappa shape index (κ3) is 4.72. The number of H-pyrrole nitrogens is 1. The minimum absolute atomic E-state index is 0.0134. The van der Waals surface area contributed by atoms with Crippen LogP contribution in [0.4, 0.5) is 11.4 Å². The molecule has 0 saturated heterocycles. The molecule has 2 N–H and O–H groups in total. The highest BCUT2D eigenvalue weighted by Crippen LogP contribution is 2.28. The van der Waals surface area contributed by atoms with Crippen LogP contribution in [-0.4, -0.2) is 31.3 Å². The van der Waals surface area contributed by atoms with E-state index in [2.05, 4.69) is 15.5 Å². The lowest BCUT2D eigenvalue weighted by Crippen LogP contribution is -2.19. The van der Waals surface area contributed by atoms with Gasteiger partial charge in [-0.2, -0.15) is 0 Å². The highest BCUT2D eigenvalue weighted by molar-refractivity contribution is 7.99. The molecule has 0 aliphatic rings. The van der Waals surface area contributed by atoms with E-state index in [-0.39, 0.29) is 22.8 Å². The second-order valence-electron chi connectivity index (χ2n) is 5.86. The Labute approximate surface area is 154 Å². The van der Waals surface area contributed by atoms with Gasteiger partial charge >= 0.3 is 5.69 Å². The minimum atomic E-state index is -0.523. The third-order valence-corrected chi connectivity index (χ3v) is 4.85. The van der Waals surface area contributed by atoms with Crippen molar-refractivity contribution in [2.45, 2.75) is 45.3 Å². The number of aryl methyl sites for hydroxylation is 2. The van der Waals surface area contributed by atoms with Gasteiger partial charge in [0.15, 0.2) is 5.16 Å². The van der Waals surface area contributed by atoms with Crippen LogP contribution in [0.3, 0.4) is 0 Å². The van der Waals surface area contributed by atoms with E-state index >= 15 is 0 Å². The fraction of sp³-hybridized carbons (Fsp3) is 0.438. The number of benzene rings is 1. The van der Waals surface area contributed by atoms with Crippen molar-refractivity contribution < 1.29 is 9.72 Å². The average Bonchev–Trinajstić information content (AvgIpc) is 2.93. The average molecular weight is 379 g/mol. The van der Waals surface area contributed by atoms with E-state index in [9.17, 15) is 19.7 Å². The smallest absolute Gasteiger partial charge is 0.320 e. The first kappa shape index (κ1) is 19.7. The molecule has 2 rings (SSSR count). The Hall–Kier alpha value is -2.62. The van der Waals surface area contributed by atoms with Gasteiger partial charge in [-0.15, -0.1) is 5.10 Å². The van der Waals surface area contributed by atoms with Gasteiger partial charge in [0.2, 0.25) is 5.91 Å². The molecule has 0 radical (unpaired) electrons. The molecule has 140 valence electrons. The van der Waals surface area contributed by atoms with Gasteiger partial charge in [-0.05, 0) is 37.5 Å². The van der Waals surface area contributed by atoms with Crippen LogP contribution in [0.5, 0.6) is 0 Å². The molecular weight excluding hydrogens is 358 g/mol. The Morgan fingerprint density at radius 1 is 1.38 bits per heavy atom. The van der Waals surface area contributed by atoms with Gasteiger partial charge in [-0.1, -0.05) is 25.1 Å². The van der Waals surface area contributed by atoms with E-state index in [1.807, 2.05) is 13.8 Å². The minimum Gasteiger partial charge on any atom is -0.320 e. The number of nitro groups is 1. The molecule has 0 saturated carbocycles. The number of anilines is 1. The quantitative estimate of drug-likeness (QED) is 0.413. The number of nitro benzene ring substituents is 1. The summed E-state index contributed by atoms with van der Waals surface area (Å²) in [6.45, 7) is 6.14. The number of unbranched alkanes of at least 4 members (excludes halogenated alkanes) is 1. The predicted octanol–water partition coefficient (Wildman–Crippen LogP) is 2.63. The summed E-state index contributed by atoms with van der Waals surface area (Å²) in [4.78, 5) is 34.6. The first-order valence-electron chi connectivity index (χ1n) is 8.17. The zero-order chi connectivity index (χ0) is 19.3. The lowest BCUT2D eigenvalue weighted by molar-refractivity contribution is -0.384. The number of aromatic amines is 1. The van der Waals surface area contributed by atoms with Crippen LogP contribution in [0.25, 0.3) is 0 Å². The summed E-state index contributed by atoms with van der Waals surface area (Å²) in [5.41, 5.74) is 1.33. The molecule has 9 nitrogen and oxygen atoms in total. The Morgan fingerprint density at radius 2 is 2.08 bits per heavy atom. The van der Waals surface area contributed by atoms with Gasteiger partial charge in [0.25, 0.3) is 5.69 Å². The number of carbonyl (C=O) groups is 1. The second-order valence-corrected chi connectivity index (χ2v) is 6.81. The highest BCUT2D eigenvalue weighted by Gasteiger charge is 2.18. The van der Waals surface area contributed by atoms with Crippen LogP contribution in [0, 0.1) is 24.0 Å². The van der Waals surface area contributed by atoms with E-state index in [4.69, 9.17) is 0 Å². The van der Waals surface area contributed by atoms with Gasteiger partial charge in [0.1, 0.15) is 5.69 Å².